The highest BCUT2D eigenvalue weighted by molar-refractivity contribution is 5.76. The van der Waals surface area contributed by atoms with Crippen LogP contribution >= 0.6 is 0 Å². The SMILES string of the molecule is CCCCCCCCCC/C=C/C(O)C(CO)NC(=O)CCCCCCCCCCCCCCCCCCC/C=C\C/C=C\CCCCCCCCCCCCCCCOC(=O)CCCCCCCCCCCCCCC. The summed E-state index contributed by atoms with van der Waals surface area (Å²) in [4.78, 5) is 24.5. The van der Waals surface area contributed by atoms with Gasteiger partial charge in [0.05, 0.1) is 25.4 Å². The molecule has 3 N–H and O–H groups in total. The van der Waals surface area contributed by atoms with Gasteiger partial charge in [0.1, 0.15) is 0 Å². The van der Waals surface area contributed by atoms with Gasteiger partial charge in [-0.25, -0.2) is 0 Å². The van der Waals surface area contributed by atoms with Crippen LogP contribution in [-0.2, 0) is 14.3 Å². The molecule has 0 spiro atoms. The van der Waals surface area contributed by atoms with Crippen LogP contribution < -0.4 is 5.32 Å². The first-order chi connectivity index (χ1) is 38.0. The predicted molar refractivity (Wildman–Crippen MR) is 338 cm³/mol. The third-order valence-corrected chi connectivity index (χ3v) is 16.2. The number of amides is 1. The van der Waals surface area contributed by atoms with Crippen LogP contribution in [0.15, 0.2) is 36.5 Å². The summed E-state index contributed by atoms with van der Waals surface area (Å²) >= 11 is 0. The van der Waals surface area contributed by atoms with Gasteiger partial charge in [0, 0.05) is 12.8 Å². The molecule has 454 valence electrons. The maximum absolute atomic E-state index is 12.4. The molecule has 0 rings (SSSR count). The zero-order valence-electron chi connectivity index (χ0n) is 52.0. The van der Waals surface area contributed by atoms with E-state index in [-0.39, 0.29) is 18.5 Å². The number of nitrogens with one attached hydrogen (secondary N) is 1. The smallest absolute Gasteiger partial charge is 0.305 e. The van der Waals surface area contributed by atoms with Crippen molar-refractivity contribution in [1.29, 1.82) is 0 Å². The molecule has 0 heterocycles. The average molecular weight is 1080 g/mol. The fraction of sp³-hybridized carbons (Fsp3) is 0.887. The molecule has 6 nitrogen and oxygen atoms in total. The first-order valence-corrected chi connectivity index (χ1v) is 34.8. The average Bonchev–Trinajstić information content (AvgIpc) is 3.43. The Morgan fingerprint density at radius 3 is 0.987 bits per heavy atom. The molecule has 1 amide bonds. The van der Waals surface area contributed by atoms with Crippen LogP contribution in [-0.4, -0.2) is 47.4 Å². The number of allylic oxidation sites excluding steroid dienone is 5. The lowest BCUT2D eigenvalue weighted by molar-refractivity contribution is -0.143. The Kier molecular flexibility index (Phi) is 64.9. The lowest BCUT2D eigenvalue weighted by Crippen LogP contribution is -2.45. The van der Waals surface area contributed by atoms with E-state index in [1.54, 1.807) is 6.08 Å². The zero-order chi connectivity index (χ0) is 55.7. The topological polar surface area (TPSA) is 95.9 Å². The van der Waals surface area contributed by atoms with Gasteiger partial charge in [0.25, 0.3) is 0 Å². The van der Waals surface area contributed by atoms with Crippen molar-refractivity contribution in [3.63, 3.8) is 0 Å². The van der Waals surface area contributed by atoms with Gasteiger partial charge in [-0.1, -0.05) is 339 Å². The maximum Gasteiger partial charge on any atom is 0.305 e. The second-order valence-corrected chi connectivity index (χ2v) is 23.9. The molecule has 0 aliphatic carbocycles. The number of unbranched alkanes of at least 4 members (excludes halogenated alkanes) is 50. The number of hydrogen-bond donors (Lipinski definition) is 3. The third-order valence-electron chi connectivity index (χ3n) is 16.2. The fourth-order valence-corrected chi connectivity index (χ4v) is 10.8. The molecule has 0 aliphatic heterocycles. The highest BCUT2D eigenvalue weighted by Crippen LogP contribution is 2.18. The highest BCUT2D eigenvalue weighted by Gasteiger charge is 2.18. The summed E-state index contributed by atoms with van der Waals surface area (Å²) in [7, 11) is 0. The number of carbonyl (C=O) groups excluding carboxylic acids is 2. The first kappa shape index (κ1) is 75.1. The van der Waals surface area contributed by atoms with Crippen LogP contribution in [0.5, 0.6) is 0 Å². The Labute approximate surface area is 481 Å². The van der Waals surface area contributed by atoms with Crippen molar-refractivity contribution in [3.8, 4) is 0 Å². The van der Waals surface area contributed by atoms with E-state index in [4.69, 9.17) is 4.74 Å². The van der Waals surface area contributed by atoms with Crippen molar-refractivity contribution in [2.24, 2.45) is 0 Å². The molecular formula is C71H135NO5. The van der Waals surface area contributed by atoms with E-state index >= 15 is 0 Å². The number of aliphatic hydroxyl groups is 2. The molecule has 0 fully saturated rings. The monoisotopic (exact) mass is 1080 g/mol. The third kappa shape index (κ3) is 63.1. The molecule has 0 aromatic carbocycles. The van der Waals surface area contributed by atoms with Gasteiger partial charge in [-0.2, -0.15) is 0 Å². The molecule has 0 radical (unpaired) electrons. The van der Waals surface area contributed by atoms with Gasteiger partial charge in [0.2, 0.25) is 5.91 Å². The van der Waals surface area contributed by atoms with Gasteiger partial charge in [0.15, 0.2) is 0 Å². The molecule has 2 unspecified atom stereocenters. The molecule has 0 aliphatic rings. The number of hydrogen-bond acceptors (Lipinski definition) is 5. The minimum Gasteiger partial charge on any atom is -0.466 e. The number of carbonyl (C=O) groups is 2. The van der Waals surface area contributed by atoms with E-state index in [9.17, 15) is 19.8 Å². The van der Waals surface area contributed by atoms with Gasteiger partial charge in [-0.3, -0.25) is 9.59 Å². The quantitative estimate of drug-likeness (QED) is 0.0320. The fourth-order valence-electron chi connectivity index (χ4n) is 10.8. The largest absolute Gasteiger partial charge is 0.466 e. The molecule has 0 bridgehead atoms. The molecule has 0 aromatic rings. The minimum absolute atomic E-state index is 0.0203. The standard InChI is InChI=1S/C71H135NO5/c1-3-5-7-9-11-13-15-41-45-49-53-57-61-65-71(76)77-66-62-58-54-50-46-43-40-38-36-34-32-30-28-26-24-22-20-18-16-17-19-21-23-25-27-29-31-33-35-37-39-42-44-48-52-56-60-64-70(75)72-68(67-73)69(74)63-59-55-51-47-14-12-10-8-6-4-2/h16,18,22,24,59,63,68-69,73-74H,3-15,17,19-21,23,25-58,60-62,64-67H2,1-2H3,(H,72,75)/b18-16-,24-22-,63-59+. The second kappa shape index (κ2) is 66.6. The van der Waals surface area contributed by atoms with Crippen molar-refractivity contribution in [1.82, 2.24) is 5.32 Å². The van der Waals surface area contributed by atoms with Crippen LogP contribution in [0.1, 0.15) is 380 Å². The molecule has 77 heavy (non-hydrogen) atoms. The van der Waals surface area contributed by atoms with Crippen molar-refractivity contribution < 1.29 is 24.5 Å². The number of ether oxygens (including phenoxy) is 1. The molecular weight excluding hydrogens is 947 g/mol. The summed E-state index contributed by atoms with van der Waals surface area (Å²) in [5.74, 6) is -0.0457. The normalized spacial score (nSPS) is 12.7. The summed E-state index contributed by atoms with van der Waals surface area (Å²) < 4.78 is 5.49. The molecule has 0 saturated carbocycles. The van der Waals surface area contributed by atoms with Crippen molar-refractivity contribution in [2.75, 3.05) is 13.2 Å². The van der Waals surface area contributed by atoms with Crippen LogP contribution in [0.2, 0.25) is 0 Å². The Hall–Kier alpha value is -1.92. The summed E-state index contributed by atoms with van der Waals surface area (Å²) in [5, 5.41) is 23.0. The number of rotatable bonds is 65. The van der Waals surface area contributed by atoms with Crippen molar-refractivity contribution >= 4 is 11.9 Å². The number of aliphatic hydroxyl groups excluding tert-OH is 2. The minimum atomic E-state index is -0.840. The summed E-state index contributed by atoms with van der Waals surface area (Å²) in [5.41, 5.74) is 0. The Bertz CT molecular complexity index is 1250. The summed E-state index contributed by atoms with van der Waals surface area (Å²) in [6.07, 6.45) is 85.3. The number of esters is 1. The van der Waals surface area contributed by atoms with Crippen LogP contribution in [0, 0.1) is 0 Å². The van der Waals surface area contributed by atoms with Crippen molar-refractivity contribution in [2.45, 2.75) is 392 Å². The Morgan fingerprint density at radius 1 is 0.364 bits per heavy atom. The van der Waals surface area contributed by atoms with Crippen LogP contribution in [0.25, 0.3) is 0 Å². The molecule has 0 aromatic heterocycles. The van der Waals surface area contributed by atoms with E-state index in [0.29, 0.717) is 19.4 Å². The van der Waals surface area contributed by atoms with Crippen molar-refractivity contribution in [3.05, 3.63) is 36.5 Å². The molecule has 0 saturated heterocycles. The lowest BCUT2D eigenvalue weighted by atomic mass is 10.0. The summed E-state index contributed by atoms with van der Waals surface area (Å²) in [6.45, 7) is 4.91. The van der Waals surface area contributed by atoms with Gasteiger partial charge in [-0.05, 0) is 64.2 Å². The second-order valence-electron chi connectivity index (χ2n) is 23.9. The Balaban J connectivity index is 3.34. The highest BCUT2D eigenvalue weighted by atomic mass is 16.5. The Morgan fingerprint density at radius 2 is 0.649 bits per heavy atom. The first-order valence-electron chi connectivity index (χ1n) is 34.8. The van der Waals surface area contributed by atoms with Crippen LogP contribution in [0.3, 0.4) is 0 Å². The summed E-state index contributed by atoms with van der Waals surface area (Å²) in [6, 6.07) is -0.624. The molecule has 6 heteroatoms. The van der Waals surface area contributed by atoms with E-state index in [1.165, 1.54) is 308 Å². The van der Waals surface area contributed by atoms with E-state index < -0.39 is 12.1 Å². The maximum atomic E-state index is 12.4. The van der Waals surface area contributed by atoms with Gasteiger partial charge in [-0.15, -0.1) is 0 Å². The van der Waals surface area contributed by atoms with Crippen LogP contribution in [0.4, 0.5) is 0 Å². The van der Waals surface area contributed by atoms with E-state index in [0.717, 1.165) is 44.9 Å². The van der Waals surface area contributed by atoms with E-state index in [1.807, 2.05) is 6.08 Å². The van der Waals surface area contributed by atoms with E-state index in [2.05, 4.69) is 43.5 Å². The molecule has 2 atom stereocenters. The predicted octanol–water partition coefficient (Wildman–Crippen LogP) is 22.3. The lowest BCUT2D eigenvalue weighted by Gasteiger charge is -2.20. The van der Waals surface area contributed by atoms with Gasteiger partial charge >= 0.3 is 5.97 Å². The zero-order valence-corrected chi connectivity index (χ0v) is 52.0. The van der Waals surface area contributed by atoms with Gasteiger partial charge < -0.3 is 20.3 Å².